The molecule has 1 heterocycles. The Labute approximate surface area is 117 Å². The molecule has 20 heavy (non-hydrogen) atoms. The van der Waals surface area contributed by atoms with E-state index in [1.165, 1.54) is 0 Å². The van der Waals surface area contributed by atoms with Crippen molar-refractivity contribution < 1.29 is 19.3 Å². The number of hydrogen-bond acceptors (Lipinski definition) is 5. The van der Waals surface area contributed by atoms with E-state index in [0.717, 1.165) is 11.3 Å². The minimum Gasteiger partial charge on any atom is -0.497 e. The largest absolute Gasteiger partial charge is 0.497 e. The molecule has 5 heteroatoms. The predicted molar refractivity (Wildman–Crippen MR) is 74.0 cm³/mol. The zero-order chi connectivity index (χ0) is 14.4. The first kappa shape index (κ1) is 14.1. The first-order chi connectivity index (χ1) is 9.76. The number of ether oxygens (including phenoxy) is 3. The molecular weight excluding hydrogens is 258 g/mol. The lowest BCUT2D eigenvalue weighted by Gasteiger charge is -2.10. The van der Waals surface area contributed by atoms with Crippen LogP contribution in [0.15, 0.2) is 36.5 Å². The van der Waals surface area contributed by atoms with E-state index in [4.69, 9.17) is 19.3 Å². The second-order valence-corrected chi connectivity index (χ2v) is 4.15. The molecule has 1 aromatic carbocycles. The van der Waals surface area contributed by atoms with Gasteiger partial charge in [0.2, 0.25) is 0 Å². The van der Waals surface area contributed by atoms with E-state index in [1.54, 1.807) is 26.5 Å². The predicted octanol–water partition coefficient (Wildman–Crippen LogP) is 2.17. The molecule has 5 nitrogen and oxygen atoms in total. The smallest absolute Gasteiger partial charge is 0.257 e. The van der Waals surface area contributed by atoms with E-state index in [9.17, 15) is 0 Å². The molecule has 0 aliphatic rings. The molecule has 0 bridgehead atoms. The number of pyridine rings is 1. The standard InChI is InChI=1S/C15H17NO4/c1-18-13-5-3-11(4-6-13)10-20-15-14(19-2)7-12(9-17)8-16-15/h3-8,17H,9-10H2,1-2H3. The van der Waals surface area contributed by atoms with Crippen molar-refractivity contribution >= 4 is 0 Å². The summed E-state index contributed by atoms with van der Waals surface area (Å²) in [6, 6.07) is 9.30. The molecule has 1 N–H and O–H groups in total. The van der Waals surface area contributed by atoms with Crippen molar-refractivity contribution in [3.63, 3.8) is 0 Å². The fourth-order valence-corrected chi connectivity index (χ4v) is 1.69. The van der Waals surface area contributed by atoms with Crippen molar-refractivity contribution in [3.05, 3.63) is 47.7 Å². The Balaban J connectivity index is 2.05. The van der Waals surface area contributed by atoms with Crippen LogP contribution in [0.5, 0.6) is 17.4 Å². The second kappa shape index (κ2) is 6.77. The van der Waals surface area contributed by atoms with E-state index in [1.807, 2.05) is 24.3 Å². The summed E-state index contributed by atoms with van der Waals surface area (Å²) >= 11 is 0. The fourth-order valence-electron chi connectivity index (χ4n) is 1.69. The van der Waals surface area contributed by atoms with Crippen molar-refractivity contribution in [2.45, 2.75) is 13.2 Å². The molecular formula is C15H17NO4. The summed E-state index contributed by atoms with van der Waals surface area (Å²) in [5.74, 6) is 1.71. The Hall–Kier alpha value is -2.27. The van der Waals surface area contributed by atoms with Crippen LogP contribution >= 0.6 is 0 Å². The van der Waals surface area contributed by atoms with Gasteiger partial charge in [0, 0.05) is 6.20 Å². The van der Waals surface area contributed by atoms with E-state index >= 15 is 0 Å². The third-order valence-electron chi connectivity index (χ3n) is 2.81. The summed E-state index contributed by atoms with van der Waals surface area (Å²) in [6.45, 7) is 0.300. The van der Waals surface area contributed by atoms with Gasteiger partial charge in [-0.15, -0.1) is 0 Å². The van der Waals surface area contributed by atoms with Gasteiger partial charge in [0.1, 0.15) is 12.4 Å². The van der Waals surface area contributed by atoms with Crippen LogP contribution < -0.4 is 14.2 Å². The van der Waals surface area contributed by atoms with Crippen molar-refractivity contribution in [3.8, 4) is 17.4 Å². The number of rotatable bonds is 6. The SMILES string of the molecule is COc1ccc(COc2ncc(CO)cc2OC)cc1. The Morgan fingerprint density at radius 1 is 1.05 bits per heavy atom. The van der Waals surface area contributed by atoms with Gasteiger partial charge < -0.3 is 19.3 Å². The zero-order valence-corrected chi connectivity index (χ0v) is 11.5. The van der Waals surface area contributed by atoms with Crippen LogP contribution in [0.2, 0.25) is 0 Å². The Kier molecular flexibility index (Phi) is 4.79. The van der Waals surface area contributed by atoms with Gasteiger partial charge in [-0.3, -0.25) is 0 Å². The zero-order valence-electron chi connectivity index (χ0n) is 11.5. The third kappa shape index (κ3) is 3.39. The molecule has 106 valence electrons. The van der Waals surface area contributed by atoms with Crippen LogP contribution in [0.1, 0.15) is 11.1 Å². The lowest BCUT2D eigenvalue weighted by atomic mass is 10.2. The number of aliphatic hydroxyl groups is 1. The lowest BCUT2D eigenvalue weighted by Crippen LogP contribution is -2.00. The summed E-state index contributed by atoms with van der Waals surface area (Å²) in [7, 11) is 3.17. The summed E-state index contributed by atoms with van der Waals surface area (Å²) in [5, 5.41) is 9.06. The summed E-state index contributed by atoms with van der Waals surface area (Å²) in [5.41, 5.74) is 1.68. The molecule has 0 aliphatic carbocycles. The molecule has 0 radical (unpaired) electrons. The number of benzene rings is 1. The average molecular weight is 275 g/mol. The molecule has 0 saturated heterocycles. The molecule has 0 saturated carbocycles. The quantitative estimate of drug-likeness (QED) is 0.875. The van der Waals surface area contributed by atoms with E-state index in [-0.39, 0.29) is 6.61 Å². The van der Waals surface area contributed by atoms with Crippen LogP contribution in [0.3, 0.4) is 0 Å². The molecule has 0 amide bonds. The number of aromatic nitrogens is 1. The Morgan fingerprint density at radius 2 is 1.80 bits per heavy atom. The normalized spacial score (nSPS) is 10.2. The van der Waals surface area contributed by atoms with Gasteiger partial charge in [-0.25, -0.2) is 4.98 Å². The molecule has 0 aliphatic heterocycles. The summed E-state index contributed by atoms with van der Waals surface area (Å²) in [6.07, 6.45) is 1.56. The summed E-state index contributed by atoms with van der Waals surface area (Å²) < 4.78 is 15.9. The van der Waals surface area contributed by atoms with Gasteiger partial charge in [-0.1, -0.05) is 12.1 Å². The average Bonchev–Trinajstić information content (AvgIpc) is 2.53. The Morgan fingerprint density at radius 3 is 2.40 bits per heavy atom. The van der Waals surface area contributed by atoms with Crippen molar-refractivity contribution in [1.82, 2.24) is 4.98 Å². The first-order valence-electron chi connectivity index (χ1n) is 6.16. The maximum Gasteiger partial charge on any atom is 0.257 e. The third-order valence-corrected chi connectivity index (χ3v) is 2.81. The van der Waals surface area contributed by atoms with Gasteiger partial charge in [-0.2, -0.15) is 0 Å². The van der Waals surface area contributed by atoms with Gasteiger partial charge in [0.25, 0.3) is 5.88 Å². The minimum atomic E-state index is -0.0812. The molecule has 0 spiro atoms. The fraction of sp³-hybridized carbons (Fsp3) is 0.267. The van der Waals surface area contributed by atoms with Crippen LogP contribution in [-0.2, 0) is 13.2 Å². The molecule has 0 atom stereocenters. The van der Waals surface area contributed by atoms with Crippen LogP contribution in [0.4, 0.5) is 0 Å². The number of hydrogen-bond donors (Lipinski definition) is 1. The monoisotopic (exact) mass is 275 g/mol. The molecule has 2 rings (SSSR count). The number of nitrogens with zero attached hydrogens (tertiary/aromatic N) is 1. The van der Waals surface area contributed by atoms with E-state index in [2.05, 4.69) is 4.98 Å². The molecule has 0 unspecified atom stereocenters. The highest BCUT2D eigenvalue weighted by Crippen LogP contribution is 2.26. The van der Waals surface area contributed by atoms with Crippen LogP contribution in [0.25, 0.3) is 0 Å². The van der Waals surface area contributed by atoms with Gasteiger partial charge >= 0.3 is 0 Å². The second-order valence-electron chi connectivity index (χ2n) is 4.15. The van der Waals surface area contributed by atoms with Crippen LogP contribution in [0, 0.1) is 0 Å². The maximum atomic E-state index is 9.06. The highest BCUT2D eigenvalue weighted by Gasteiger charge is 2.07. The van der Waals surface area contributed by atoms with Crippen LogP contribution in [-0.4, -0.2) is 24.3 Å². The topological polar surface area (TPSA) is 60.8 Å². The molecule has 0 fully saturated rings. The van der Waals surface area contributed by atoms with Gasteiger partial charge in [-0.05, 0) is 29.3 Å². The summed E-state index contributed by atoms with van der Waals surface area (Å²) in [4.78, 5) is 4.14. The van der Waals surface area contributed by atoms with Crippen molar-refractivity contribution in [1.29, 1.82) is 0 Å². The Bertz CT molecular complexity index is 554. The maximum absolute atomic E-state index is 9.06. The highest BCUT2D eigenvalue weighted by molar-refractivity contribution is 5.36. The number of aliphatic hydroxyl groups excluding tert-OH is 1. The van der Waals surface area contributed by atoms with E-state index in [0.29, 0.717) is 23.8 Å². The minimum absolute atomic E-state index is 0.0812. The van der Waals surface area contributed by atoms with Gasteiger partial charge in [0.15, 0.2) is 5.75 Å². The van der Waals surface area contributed by atoms with E-state index < -0.39 is 0 Å². The van der Waals surface area contributed by atoms with Gasteiger partial charge in [0.05, 0.1) is 20.8 Å². The van der Waals surface area contributed by atoms with Crippen molar-refractivity contribution in [2.24, 2.45) is 0 Å². The van der Waals surface area contributed by atoms with Crippen molar-refractivity contribution in [2.75, 3.05) is 14.2 Å². The lowest BCUT2D eigenvalue weighted by molar-refractivity contribution is 0.265. The molecule has 1 aromatic heterocycles. The first-order valence-corrected chi connectivity index (χ1v) is 6.16. The molecule has 2 aromatic rings. The highest BCUT2D eigenvalue weighted by atomic mass is 16.5. The number of methoxy groups -OCH3 is 2.